The van der Waals surface area contributed by atoms with E-state index in [0.717, 1.165) is 18.7 Å². The normalized spacial score (nSPS) is 12.4. The summed E-state index contributed by atoms with van der Waals surface area (Å²) in [5.74, 6) is -0.0700. The van der Waals surface area contributed by atoms with E-state index in [-0.39, 0.29) is 5.91 Å². The number of nitrogens with one attached hydrogen (secondary N) is 2. The standard InChI is InChI=1S/C13H15N3O/c14-6-1-2-7-16-13(17)11-4-3-10-5-8-15-12(10)9-11/h3-4,9,15H,1-2,5,7-8H2,(H,16,17). The van der Waals surface area contributed by atoms with E-state index in [4.69, 9.17) is 5.26 Å². The molecule has 0 aliphatic carbocycles. The van der Waals surface area contributed by atoms with E-state index >= 15 is 0 Å². The summed E-state index contributed by atoms with van der Waals surface area (Å²) in [6.07, 6.45) is 2.21. The van der Waals surface area contributed by atoms with E-state index in [1.807, 2.05) is 18.2 Å². The van der Waals surface area contributed by atoms with Crippen LogP contribution < -0.4 is 10.6 Å². The number of nitrogens with zero attached hydrogens (tertiary/aromatic N) is 1. The van der Waals surface area contributed by atoms with Crippen LogP contribution in [0.1, 0.15) is 28.8 Å². The Kier molecular flexibility index (Phi) is 3.61. The van der Waals surface area contributed by atoms with Crippen LogP contribution in [0, 0.1) is 11.3 Å². The lowest BCUT2D eigenvalue weighted by Gasteiger charge is -2.06. The molecule has 1 amide bonds. The van der Waals surface area contributed by atoms with Gasteiger partial charge < -0.3 is 10.6 Å². The highest BCUT2D eigenvalue weighted by Gasteiger charge is 2.12. The van der Waals surface area contributed by atoms with Crippen molar-refractivity contribution in [1.29, 1.82) is 5.26 Å². The molecule has 2 N–H and O–H groups in total. The molecule has 0 saturated carbocycles. The highest BCUT2D eigenvalue weighted by atomic mass is 16.1. The third kappa shape index (κ3) is 2.76. The molecular weight excluding hydrogens is 214 g/mol. The van der Waals surface area contributed by atoms with Gasteiger partial charge in [0.05, 0.1) is 6.07 Å². The van der Waals surface area contributed by atoms with Crippen LogP contribution in [0.15, 0.2) is 18.2 Å². The van der Waals surface area contributed by atoms with E-state index in [2.05, 4.69) is 16.7 Å². The number of unbranched alkanes of at least 4 members (excludes halogenated alkanes) is 1. The molecule has 4 heteroatoms. The number of fused-ring (bicyclic) bond motifs is 1. The summed E-state index contributed by atoms with van der Waals surface area (Å²) in [5, 5.41) is 14.4. The maximum atomic E-state index is 11.8. The van der Waals surface area contributed by atoms with Crippen LogP contribution in [-0.2, 0) is 6.42 Å². The minimum atomic E-state index is -0.0700. The SMILES string of the molecule is N#CCCCNC(=O)c1ccc2c(c1)NCC2. The molecule has 0 saturated heterocycles. The zero-order valence-corrected chi connectivity index (χ0v) is 9.62. The van der Waals surface area contributed by atoms with E-state index < -0.39 is 0 Å². The van der Waals surface area contributed by atoms with Crippen molar-refractivity contribution in [1.82, 2.24) is 5.32 Å². The number of hydrogen-bond acceptors (Lipinski definition) is 3. The fourth-order valence-electron chi connectivity index (χ4n) is 1.90. The predicted octanol–water partition coefficient (Wildman–Crippen LogP) is 1.69. The summed E-state index contributed by atoms with van der Waals surface area (Å²) in [4.78, 5) is 11.8. The highest BCUT2D eigenvalue weighted by Crippen LogP contribution is 2.22. The molecule has 2 rings (SSSR count). The van der Waals surface area contributed by atoms with Crippen LogP contribution in [0.5, 0.6) is 0 Å². The first-order valence-electron chi connectivity index (χ1n) is 5.83. The fourth-order valence-corrected chi connectivity index (χ4v) is 1.90. The molecule has 0 fully saturated rings. The number of hydrogen-bond donors (Lipinski definition) is 2. The van der Waals surface area contributed by atoms with Gasteiger partial charge in [-0.2, -0.15) is 5.26 Å². The molecular formula is C13H15N3O. The van der Waals surface area contributed by atoms with Crippen molar-refractivity contribution < 1.29 is 4.79 Å². The Morgan fingerprint density at radius 1 is 1.53 bits per heavy atom. The van der Waals surface area contributed by atoms with Gasteiger partial charge in [0, 0.05) is 30.8 Å². The second kappa shape index (κ2) is 5.35. The quantitative estimate of drug-likeness (QED) is 0.772. The smallest absolute Gasteiger partial charge is 0.251 e. The second-order valence-electron chi connectivity index (χ2n) is 4.07. The van der Waals surface area contributed by atoms with Crippen molar-refractivity contribution >= 4 is 11.6 Å². The number of carbonyl (C=O) groups excluding carboxylic acids is 1. The lowest BCUT2D eigenvalue weighted by molar-refractivity contribution is 0.0953. The minimum Gasteiger partial charge on any atom is -0.384 e. The first-order valence-corrected chi connectivity index (χ1v) is 5.83. The molecule has 1 aliphatic heterocycles. The Hall–Kier alpha value is -2.02. The van der Waals surface area contributed by atoms with Gasteiger partial charge in [0.15, 0.2) is 0 Å². The molecule has 0 radical (unpaired) electrons. The molecule has 0 aromatic heterocycles. The summed E-state index contributed by atoms with van der Waals surface area (Å²) in [6, 6.07) is 7.80. The van der Waals surface area contributed by atoms with E-state index in [0.29, 0.717) is 24.9 Å². The van der Waals surface area contributed by atoms with Crippen molar-refractivity contribution in [2.24, 2.45) is 0 Å². The van der Waals surface area contributed by atoms with Crippen molar-refractivity contribution in [3.05, 3.63) is 29.3 Å². The molecule has 1 aromatic rings. The first kappa shape index (κ1) is 11.5. The third-order valence-corrected chi connectivity index (χ3v) is 2.83. The van der Waals surface area contributed by atoms with Crippen molar-refractivity contribution in [3.8, 4) is 6.07 Å². The van der Waals surface area contributed by atoms with Gasteiger partial charge in [0.2, 0.25) is 0 Å². The van der Waals surface area contributed by atoms with Crippen molar-refractivity contribution in [2.75, 3.05) is 18.4 Å². The summed E-state index contributed by atoms with van der Waals surface area (Å²) >= 11 is 0. The van der Waals surface area contributed by atoms with Crippen LogP contribution in [0.4, 0.5) is 5.69 Å². The molecule has 0 bridgehead atoms. The molecule has 0 spiro atoms. The summed E-state index contributed by atoms with van der Waals surface area (Å²) in [5.41, 5.74) is 3.01. The molecule has 4 nitrogen and oxygen atoms in total. The van der Waals surface area contributed by atoms with Gasteiger partial charge >= 0.3 is 0 Å². The molecule has 0 unspecified atom stereocenters. The zero-order valence-electron chi connectivity index (χ0n) is 9.62. The van der Waals surface area contributed by atoms with Crippen molar-refractivity contribution in [2.45, 2.75) is 19.3 Å². The lowest BCUT2D eigenvalue weighted by atomic mass is 10.1. The van der Waals surface area contributed by atoms with Crippen LogP contribution in [-0.4, -0.2) is 19.0 Å². The lowest BCUT2D eigenvalue weighted by Crippen LogP contribution is -2.24. The van der Waals surface area contributed by atoms with Gasteiger partial charge in [0.25, 0.3) is 5.91 Å². The largest absolute Gasteiger partial charge is 0.384 e. The van der Waals surface area contributed by atoms with Crippen molar-refractivity contribution in [3.63, 3.8) is 0 Å². The Morgan fingerprint density at radius 2 is 2.41 bits per heavy atom. The maximum absolute atomic E-state index is 11.8. The number of anilines is 1. The van der Waals surface area contributed by atoms with Gasteiger partial charge in [-0.05, 0) is 30.5 Å². The number of nitriles is 1. The van der Waals surface area contributed by atoms with Gasteiger partial charge in [0.1, 0.15) is 0 Å². The minimum absolute atomic E-state index is 0.0700. The Balaban J connectivity index is 1.93. The number of benzene rings is 1. The van der Waals surface area contributed by atoms with E-state index in [1.165, 1.54) is 5.56 Å². The monoisotopic (exact) mass is 229 g/mol. The van der Waals surface area contributed by atoms with Gasteiger partial charge in [-0.25, -0.2) is 0 Å². The maximum Gasteiger partial charge on any atom is 0.251 e. The topological polar surface area (TPSA) is 64.9 Å². The second-order valence-corrected chi connectivity index (χ2v) is 4.07. The molecule has 1 heterocycles. The number of amides is 1. The van der Waals surface area contributed by atoms with Crippen LogP contribution >= 0.6 is 0 Å². The van der Waals surface area contributed by atoms with Gasteiger partial charge in [-0.1, -0.05) is 6.07 Å². The first-order chi connectivity index (χ1) is 8.31. The van der Waals surface area contributed by atoms with Crippen LogP contribution in [0.25, 0.3) is 0 Å². The molecule has 1 aliphatic rings. The fraction of sp³-hybridized carbons (Fsp3) is 0.385. The predicted molar refractivity (Wildman–Crippen MR) is 65.8 cm³/mol. The number of carbonyl (C=O) groups is 1. The summed E-state index contributed by atoms with van der Waals surface area (Å²) in [6.45, 7) is 1.50. The van der Waals surface area contributed by atoms with Crippen LogP contribution in [0.3, 0.4) is 0 Å². The third-order valence-electron chi connectivity index (χ3n) is 2.83. The Bertz CT molecular complexity index is 462. The summed E-state index contributed by atoms with van der Waals surface area (Å²) in [7, 11) is 0. The van der Waals surface area contributed by atoms with Gasteiger partial charge in [-0.3, -0.25) is 4.79 Å². The molecule has 0 atom stereocenters. The molecule has 88 valence electrons. The highest BCUT2D eigenvalue weighted by molar-refractivity contribution is 5.95. The summed E-state index contributed by atoms with van der Waals surface area (Å²) < 4.78 is 0. The Morgan fingerprint density at radius 3 is 3.24 bits per heavy atom. The van der Waals surface area contributed by atoms with E-state index in [1.54, 1.807) is 0 Å². The number of rotatable bonds is 4. The van der Waals surface area contributed by atoms with E-state index in [9.17, 15) is 4.79 Å². The average Bonchev–Trinajstić information content (AvgIpc) is 2.81. The molecule has 17 heavy (non-hydrogen) atoms. The molecule has 1 aromatic carbocycles. The Labute approximate surface area is 101 Å². The van der Waals surface area contributed by atoms with Crippen LogP contribution in [0.2, 0.25) is 0 Å². The average molecular weight is 229 g/mol. The zero-order chi connectivity index (χ0) is 12.1. The van der Waals surface area contributed by atoms with Gasteiger partial charge in [-0.15, -0.1) is 0 Å².